The van der Waals surface area contributed by atoms with Gasteiger partial charge in [0, 0.05) is 24.5 Å². The third-order valence-electron chi connectivity index (χ3n) is 4.59. The molecule has 2 N–H and O–H groups in total. The minimum atomic E-state index is -0.462. The van der Waals surface area contributed by atoms with Gasteiger partial charge < -0.3 is 10.2 Å². The zero-order valence-corrected chi connectivity index (χ0v) is 14.6. The lowest BCUT2D eigenvalue weighted by Gasteiger charge is -2.14. The Morgan fingerprint density at radius 1 is 1.19 bits per heavy atom. The normalized spacial score (nSPS) is 13.9. The number of H-pyrrole nitrogens is 1. The third-order valence-corrected chi connectivity index (χ3v) is 4.59. The predicted molar refractivity (Wildman–Crippen MR) is 95.9 cm³/mol. The molecule has 0 saturated carbocycles. The highest BCUT2D eigenvalue weighted by molar-refractivity contribution is 6.09. The Kier molecular flexibility index (Phi) is 4.27. The molecule has 2 aromatic heterocycles. The van der Waals surface area contributed by atoms with Gasteiger partial charge in [-0.3, -0.25) is 14.6 Å². The Balaban J connectivity index is 1.61. The van der Waals surface area contributed by atoms with Crippen molar-refractivity contribution in [2.24, 2.45) is 0 Å². The Hall–Kier alpha value is -3.36. The zero-order chi connectivity index (χ0) is 19.0. The maximum Gasteiger partial charge on any atom is 0.278 e. The molecule has 0 aliphatic carbocycles. The number of halogens is 1. The van der Waals surface area contributed by atoms with Crippen molar-refractivity contribution in [1.82, 2.24) is 25.3 Å². The molecular formula is C18H17FN6O2. The number of anilines is 1. The molecule has 1 aliphatic rings. The number of nitrogens with one attached hydrogen (secondary N) is 2. The average Bonchev–Trinajstić information content (AvgIpc) is 3.32. The van der Waals surface area contributed by atoms with E-state index in [-0.39, 0.29) is 23.2 Å². The lowest BCUT2D eigenvalue weighted by atomic mass is 10.1. The van der Waals surface area contributed by atoms with E-state index in [1.807, 2.05) is 0 Å². The lowest BCUT2D eigenvalue weighted by Crippen LogP contribution is -2.29. The van der Waals surface area contributed by atoms with Crippen LogP contribution in [0.4, 0.5) is 10.2 Å². The van der Waals surface area contributed by atoms with Gasteiger partial charge in [0.15, 0.2) is 11.5 Å². The van der Waals surface area contributed by atoms with E-state index in [0.717, 1.165) is 12.8 Å². The van der Waals surface area contributed by atoms with Gasteiger partial charge in [-0.25, -0.2) is 4.39 Å². The van der Waals surface area contributed by atoms with Crippen molar-refractivity contribution < 1.29 is 14.0 Å². The van der Waals surface area contributed by atoms with Gasteiger partial charge in [0.1, 0.15) is 5.82 Å². The van der Waals surface area contributed by atoms with Crippen LogP contribution in [0.3, 0.4) is 0 Å². The Bertz CT molecular complexity index is 1040. The zero-order valence-electron chi connectivity index (χ0n) is 14.6. The molecule has 0 atom stereocenters. The van der Waals surface area contributed by atoms with Gasteiger partial charge in [0.05, 0.1) is 16.8 Å². The molecule has 27 heavy (non-hydrogen) atoms. The molecule has 9 heteroatoms. The molecule has 0 radical (unpaired) electrons. The van der Waals surface area contributed by atoms with Gasteiger partial charge in [-0.15, -0.1) is 10.2 Å². The van der Waals surface area contributed by atoms with Crippen molar-refractivity contribution in [2.75, 3.05) is 18.4 Å². The van der Waals surface area contributed by atoms with Crippen LogP contribution in [0.1, 0.15) is 39.4 Å². The van der Waals surface area contributed by atoms with Crippen molar-refractivity contribution >= 4 is 28.5 Å². The molecule has 0 spiro atoms. The van der Waals surface area contributed by atoms with Crippen LogP contribution in [0, 0.1) is 12.7 Å². The van der Waals surface area contributed by atoms with Crippen LogP contribution >= 0.6 is 0 Å². The van der Waals surface area contributed by atoms with E-state index in [0.29, 0.717) is 35.2 Å². The summed E-state index contributed by atoms with van der Waals surface area (Å²) in [5.74, 6) is -1.04. The van der Waals surface area contributed by atoms with E-state index in [2.05, 4.69) is 25.7 Å². The van der Waals surface area contributed by atoms with Gasteiger partial charge in [-0.1, -0.05) is 0 Å². The van der Waals surface area contributed by atoms with Crippen LogP contribution in [0.25, 0.3) is 10.9 Å². The second-order valence-corrected chi connectivity index (χ2v) is 6.43. The Morgan fingerprint density at radius 2 is 1.96 bits per heavy atom. The number of benzene rings is 1. The summed E-state index contributed by atoms with van der Waals surface area (Å²) in [6.45, 7) is 3.00. The number of carbonyl (C=O) groups is 2. The smallest absolute Gasteiger partial charge is 0.278 e. The number of pyridine rings is 1. The predicted octanol–water partition coefficient (Wildman–Crippen LogP) is 2.29. The molecule has 3 aromatic rings. The fourth-order valence-corrected chi connectivity index (χ4v) is 3.18. The number of aromatic nitrogens is 4. The number of amides is 2. The van der Waals surface area contributed by atoms with E-state index in [9.17, 15) is 14.0 Å². The standard InChI is InChI=1S/C18H17FN6O2/c1-10-13(8-11-4-5-12(19)9-14(11)20-10)17(26)21-16-15(22-24-23-16)18(27)25-6-2-3-7-25/h4-5,8-9H,2-3,6-7H2,1H3,(H2,21,22,23,24,26). The Labute approximate surface area is 153 Å². The minimum Gasteiger partial charge on any atom is -0.337 e. The van der Waals surface area contributed by atoms with E-state index in [1.54, 1.807) is 24.0 Å². The summed E-state index contributed by atoms with van der Waals surface area (Å²) in [4.78, 5) is 31.2. The van der Waals surface area contributed by atoms with Gasteiger partial charge >= 0.3 is 0 Å². The average molecular weight is 368 g/mol. The molecule has 4 rings (SSSR count). The molecule has 1 aliphatic heterocycles. The van der Waals surface area contributed by atoms with Gasteiger partial charge in [-0.05, 0) is 38.0 Å². The molecule has 138 valence electrons. The van der Waals surface area contributed by atoms with Crippen LogP contribution in [0.15, 0.2) is 24.3 Å². The molecule has 8 nitrogen and oxygen atoms in total. The lowest BCUT2D eigenvalue weighted by molar-refractivity contribution is 0.0788. The van der Waals surface area contributed by atoms with E-state index >= 15 is 0 Å². The van der Waals surface area contributed by atoms with Crippen molar-refractivity contribution in [3.63, 3.8) is 0 Å². The first-order valence-electron chi connectivity index (χ1n) is 8.61. The highest BCUT2D eigenvalue weighted by Crippen LogP contribution is 2.20. The minimum absolute atomic E-state index is 0.0792. The molecular weight excluding hydrogens is 351 g/mol. The molecule has 3 heterocycles. The number of hydrogen-bond donors (Lipinski definition) is 2. The number of rotatable bonds is 3. The highest BCUT2D eigenvalue weighted by Gasteiger charge is 2.26. The second kappa shape index (κ2) is 6.75. The largest absolute Gasteiger partial charge is 0.337 e. The fourth-order valence-electron chi connectivity index (χ4n) is 3.18. The summed E-state index contributed by atoms with van der Waals surface area (Å²) in [6, 6.07) is 5.82. The van der Waals surface area contributed by atoms with Crippen molar-refractivity contribution in [2.45, 2.75) is 19.8 Å². The molecule has 1 saturated heterocycles. The number of likely N-dealkylation sites (tertiary alicyclic amines) is 1. The maximum atomic E-state index is 13.4. The number of hydrogen-bond acceptors (Lipinski definition) is 5. The molecule has 0 bridgehead atoms. The van der Waals surface area contributed by atoms with Crippen molar-refractivity contribution in [1.29, 1.82) is 0 Å². The van der Waals surface area contributed by atoms with Gasteiger partial charge in [0.2, 0.25) is 0 Å². The third kappa shape index (κ3) is 3.23. The number of fused-ring (bicyclic) bond motifs is 1. The summed E-state index contributed by atoms with van der Waals surface area (Å²) < 4.78 is 13.4. The molecule has 2 amide bonds. The number of carbonyl (C=O) groups excluding carboxylic acids is 2. The molecule has 0 unspecified atom stereocenters. The van der Waals surface area contributed by atoms with Gasteiger partial charge in [0.25, 0.3) is 11.8 Å². The van der Waals surface area contributed by atoms with Crippen LogP contribution in [0.5, 0.6) is 0 Å². The topological polar surface area (TPSA) is 104 Å². The summed E-state index contributed by atoms with van der Waals surface area (Å²) >= 11 is 0. The molecule has 1 fully saturated rings. The van der Waals surface area contributed by atoms with Crippen molar-refractivity contribution in [3.8, 4) is 0 Å². The highest BCUT2D eigenvalue weighted by atomic mass is 19.1. The number of aryl methyl sites for hydroxylation is 1. The van der Waals surface area contributed by atoms with E-state index in [4.69, 9.17) is 0 Å². The number of nitrogens with zero attached hydrogens (tertiary/aromatic N) is 4. The quantitative estimate of drug-likeness (QED) is 0.738. The van der Waals surface area contributed by atoms with Crippen molar-refractivity contribution in [3.05, 3.63) is 47.0 Å². The van der Waals surface area contributed by atoms with Crippen LogP contribution in [-0.2, 0) is 0 Å². The SMILES string of the molecule is Cc1nc2cc(F)ccc2cc1C(=O)Nc1n[nH]nc1C(=O)N1CCCC1. The summed E-state index contributed by atoms with van der Waals surface area (Å²) in [7, 11) is 0. The van der Waals surface area contributed by atoms with Crippen LogP contribution in [0.2, 0.25) is 0 Å². The summed E-state index contributed by atoms with van der Waals surface area (Å²) in [6.07, 6.45) is 1.90. The fraction of sp³-hybridized carbons (Fsp3) is 0.278. The summed E-state index contributed by atoms with van der Waals surface area (Å²) in [5, 5.41) is 13.4. The second-order valence-electron chi connectivity index (χ2n) is 6.43. The Morgan fingerprint density at radius 3 is 2.74 bits per heavy atom. The van der Waals surface area contributed by atoms with E-state index < -0.39 is 5.91 Å². The maximum absolute atomic E-state index is 13.4. The first-order valence-corrected chi connectivity index (χ1v) is 8.61. The first kappa shape index (κ1) is 17.1. The number of aromatic amines is 1. The monoisotopic (exact) mass is 368 g/mol. The first-order chi connectivity index (χ1) is 13.0. The van der Waals surface area contributed by atoms with Crippen LogP contribution < -0.4 is 5.32 Å². The summed E-state index contributed by atoms with van der Waals surface area (Å²) in [5.41, 5.74) is 1.31. The van der Waals surface area contributed by atoms with Gasteiger partial charge in [-0.2, -0.15) is 5.21 Å². The molecule has 1 aromatic carbocycles. The van der Waals surface area contributed by atoms with E-state index in [1.165, 1.54) is 12.1 Å². The van der Waals surface area contributed by atoms with Crippen LogP contribution in [-0.4, -0.2) is 50.2 Å².